The number of halogens is 2. The molecule has 1 fully saturated rings. The van der Waals surface area contributed by atoms with Crippen LogP contribution in [0.1, 0.15) is 28.6 Å². The quantitative estimate of drug-likeness (QED) is 0.182. The van der Waals surface area contributed by atoms with Crippen molar-refractivity contribution in [1.29, 1.82) is 0 Å². The molecule has 3 aromatic rings. The van der Waals surface area contributed by atoms with Crippen molar-refractivity contribution in [3.05, 3.63) is 85.0 Å². The molecule has 0 N–H and O–H groups in total. The third kappa shape index (κ3) is 5.34. The van der Waals surface area contributed by atoms with Crippen LogP contribution in [-0.2, 0) is 16.1 Å². The smallest absolute Gasteiger partial charge is 0.339 e. The van der Waals surface area contributed by atoms with Gasteiger partial charge >= 0.3 is 5.97 Å². The Morgan fingerprint density at radius 1 is 1.15 bits per heavy atom. The third-order valence-corrected chi connectivity index (χ3v) is 6.73. The van der Waals surface area contributed by atoms with Crippen molar-refractivity contribution in [3.63, 3.8) is 0 Å². The lowest BCUT2D eigenvalue weighted by atomic mass is 10.1. The number of nitrogens with zero attached hydrogens (tertiary/aromatic N) is 1. The third-order valence-electron chi connectivity index (χ3n) is 4.77. The number of thioether (sulfide) groups is 1. The summed E-state index contributed by atoms with van der Waals surface area (Å²) < 4.78 is 12.0. The van der Waals surface area contributed by atoms with Gasteiger partial charge in [-0.15, -0.1) is 0 Å². The second-order valence-corrected chi connectivity index (χ2v) is 9.66. The molecule has 0 atom stereocenters. The van der Waals surface area contributed by atoms with Gasteiger partial charge in [0.1, 0.15) is 11.5 Å². The summed E-state index contributed by atoms with van der Waals surface area (Å²) in [5.74, 6) is 0.0227. The molecule has 0 radical (unpaired) electrons. The minimum absolute atomic E-state index is 0.212. The normalized spacial score (nSPS) is 14.9. The molecule has 6 nitrogen and oxygen atoms in total. The van der Waals surface area contributed by atoms with Crippen LogP contribution in [-0.4, -0.2) is 28.6 Å². The van der Waals surface area contributed by atoms with E-state index in [1.807, 2.05) is 24.3 Å². The second-order valence-electron chi connectivity index (χ2n) is 7.01. The Morgan fingerprint density at radius 2 is 1.91 bits per heavy atom. The molecular weight excluding hydrogens is 577 g/mol. The Hall–Kier alpha value is -2.56. The summed E-state index contributed by atoms with van der Waals surface area (Å²) in [6.45, 7) is 2.17. The molecule has 1 saturated heterocycles. The zero-order chi connectivity index (χ0) is 23.5. The van der Waals surface area contributed by atoms with Gasteiger partial charge in [0.15, 0.2) is 0 Å². The fourth-order valence-electron chi connectivity index (χ4n) is 3.17. The molecule has 9 heteroatoms. The number of hydrogen-bond acceptors (Lipinski definition) is 6. The number of rotatable bonds is 6. The summed E-state index contributed by atoms with van der Waals surface area (Å²) >= 11 is 9.20. The highest BCUT2D eigenvalue weighted by Gasteiger charge is 2.35. The molecule has 168 valence electrons. The summed E-state index contributed by atoms with van der Waals surface area (Å²) in [5, 5.41) is -0.0425. The van der Waals surface area contributed by atoms with Crippen LogP contribution in [0, 0.1) is 3.57 Å². The average Bonchev–Trinajstić information content (AvgIpc) is 3.36. The van der Waals surface area contributed by atoms with Crippen molar-refractivity contribution >= 4 is 69.1 Å². The number of esters is 1. The van der Waals surface area contributed by atoms with Gasteiger partial charge in [-0.25, -0.2) is 4.79 Å². The van der Waals surface area contributed by atoms with Gasteiger partial charge in [0.25, 0.3) is 11.1 Å². The first-order chi connectivity index (χ1) is 15.9. The molecule has 1 aromatic heterocycles. The SMILES string of the molecule is CCOC(=O)c1cc(-c2ccc(/C=C3/SC(=O)N(Cc4ccc(I)cc4)C3=O)o2)ccc1Cl. The van der Waals surface area contributed by atoms with E-state index < -0.39 is 5.97 Å². The number of furan rings is 1. The summed E-state index contributed by atoms with van der Waals surface area (Å²) in [6.07, 6.45) is 1.55. The molecule has 0 saturated carbocycles. The van der Waals surface area contributed by atoms with E-state index in [0.717, 1.165) is 20.9 Å². The number of carbonyl (C=O) groups is 3. The minimum atomic E-state index is -0.516. The minimum Gasteiger partial charge on any atom is -0.462 e. The highest BCUT2D eigenvalue weighted by Crippen LogP contribution is 2.35. The maximum Gasteiger partial charge on any atom is 0.339 e. The summed E-state index contributed by atoms with van der Waals surface area (Å²) in [6, 6.07) is 16.0. The number of ether oxygens (including phenoxy) is 1. The Kier molecular flexibility index (Phi) is 7.26. The summed E-state index contributed by atoms with van der Waals surface area (Å²) in [4.78, 5) is 38.8. The van der Waals surface area contributed by atoms with Gasteiger partial charge < -0.3 is 9.15 Å². The lowest BCUT2D eigenvalue weighted by Crippen LogP contribution is -2.27. The van der Waals surface area contributed by atoms with Crippen LogP contribution in [0.5, 0.6) is 0 Å². The highest BCUT2D eigenvalue weighted by molar-refractivity contribution is 14.1. The van der Waals surface area contributed by atoms with Gasteiger partial charge in [0.05, 0.1) is 28.6 Å². The van der Waals surface area contributed by atoms with Crippen LogP contribution >= 0.6 is 46.0 Å². The number of amides is 2. The monoisotopic (exact) mass is 593 g/mol. The highest BCUT2D eigenvalue weighted by atomic mass is 127. The number of carbonyl (C=O) groups excluding carboxylic acids is 3. The van der Waals surface area contributed by atoms with Crippen LogP contribution in [0.2, 0.25) is 5.02 Å². The van der Waals surface area contributed by atoms with Gasteiger partial charge in [0.2, 0.25) is 0 Å². The molecule has 0 bridgehead atoms. The molecule has 33 heavy (non-hydrogen) atoms. The van der Waals surface area contributed by atoms with Gasteiger partial charge in [-0.1, -0.05) is 23.7 Å². The standard InChI is InChI=1S/C24H17ClINO5S/c1-2-31-23(29)18-11-15(5-9-19(18)25)20-10-8-17(32-20)12-21-22(28)27(24(30)33-21)13-14-3-6-16(26)7-4-14/h3-12H,2,13H2,1H3/b21-12+. The van der Waals surface area contributed by atoms with Crippen LogP contribution < -0.4 is 0 Å². The first-order valence-corrected chi connectivity index (χ1v) is 12.2. The van der Waals surface area contributed by atoms with E-state index in [2.05, 4.69) is 22.6 Å². The van der Waals surface area contributed by atoms with Crippen molar-refractivity contribution in [2.75, 3.05) is 6.61 Å². The van der Waals surface area contributed by atoms with Crippen LogP contribution in [0.15, 0.2) is 63.9 Å². The van der Waals surface area contributed by atoms with Crippen molar-refractivity contribution in [1.82, 2.24) is 4.90 Å². The van der Waals surface area contributed by atoms with Gasteiger partial charge in [0, 0.05) is 15.2 Å². The van der Waals surface area contributed by atoms with E-state index in [4.69, 9.17) is 20.8 Å². The Balaban J connectivity index is 1.53. The van der Waals surface area contributed by atoms with Crippen LogP contribution in [0.25, 0.3) is 17.4 Å². The van der Waals surface area contributed by atoms with E-state index in [1.54, 1.807) is 43.3 Å². The predicted octanol–water partition coefficient (Wildman–Crippen LogP) is 6.62. The van der Waals surface area contributed by atoms with E-state index in [1.165, 1.54) is 4.90 Å². The van der Waals surface area contributed by atoms with Gasteiger partial charge in [-0.2, -0.15) is 0 Å². The molecule has 0 unspecified atom stereocenters. The molecule has 1 aliphatic rings. The van der Waals surface area contributed by atoms with Crippen molar-refractivity contribution in [3.8, 4) is 11.3 Å². The zero-order valence-corrected chi connectivity index (χ0v) is 21.1. The maximum absolute atomic E-state index is 12.8. The Labute approximate surface area is 213 Å². The summed E-state index contributed by atoms with van der Waals surface area (Å²) in [7, 11) is 0. The lowest BCUT2D eigenvalue weighted by molar-refractivity contribution is -0.123. The average molecular weight is 594 g/mol. The predicted molar refractivity (Wildman–Crippen MR) is 136 cm³/mol. The van der Waals surface area contributed by atoms with Gasteiger partial charge in [-0.05, 0) is 89.3 Å². The first kappa shape index (κ1) is 23.6. The molecule has 1 aliphatic heterocycles. The fraction of sp³-hybridized carbons (Fsp3) is 0.125. The number of hydrogen-bond donors (Lipinski definition) is 0. The molecule has 4 rings (SSSR count). The molecule has 2 heterocycles. The molecular formula is C24H17ClINO5S. The van der Waals surface area contributed by atoms with Crippen molar-refractivity contribution in [2.45, 2.75) is 13.5 Å². The second kappa shape index (κ2) is 10.1. The zero-order valence-electron chi connectivity index (χ0n) is 17.3. The Bertz CT molecular complexity index is 1270. The largest absolute Gasteiger partial charge is 0.462 e. The van der Waals surface area contributed by atoms with Crippen molar-refractivity contribution in [2.24, 2.45) is 0 Å². The van der Waals surface area contributed by atoms with Crippen LogP contribution in [0.4, 0.5) is 4.79 Å². The van der Waals surface area contributed by atoms with Crippen LogP contribution in [0.3, 0.4) is 0 Å². The topological polar surface area (TPSA) is 76.8 Å². The molecule has 0 spiro atoms. The van der Waals surface area contributed by atoms with Crippen molar-refractivity contribution < 1.29 is 23.5 Å². The molecule has 0 aliphatic carbocycles. The first-order valence-electron chi connectivity index (χ1n) is 9.92. The van der Waals surface area contributed by atoms with E-state index >= 15 is 0 Å². The lowest BCUT2D eigenvalue weighted by Gasteiger charge is -2.12. The van der Waals surface area contributed by atoms with E-state index in [9.17, 15) is 14.4 Å². The maximum atomic E-state index is 12.8. The van der Waals surface area contributed by atoms with Gasteiger partial charge in [-0.3, -0.25) is 14.5 Å². The summed E-state index contributed by atoms with van der Waals surface area (Å²) in [5.41, 5.74) is 1.75. The van der Waals surface area contributed by atoms with E-state index in [-0.39, 0.29) is 39.8 Å². The Morgan fingerprint density at radius 3 is 2.64 bits per heavy atom. The van der Waals surface area contributed by atoms with E-state index in [0.29, 0.717) is 17.1 Å². The number of imide groups is 1. The fourth-order valence-corrected chi connectivity index (χ4v) is 4.54. The molecule has 2 aromatic carbocycles. The number of benzene rings is 2. The molecule has 2 amide bonds.